The van der Waals surface area contributed by atoms with Crippen molar-refractivity contribution in [3.63, 3.8) is 0 Å². The first-order valence-corrected chi connectivity index (χ1v) is 14.3. The molecule has 4 aromatic rings. The van der Waals surface area contributed by atoms with Crippen molar-refractivity contribution in [1.29, 1.82) is 0 Å². The normalized spacial score (nSPS) is 11.0. The molecule has 3 nitrogen and oxygen atoms in total. The van der Waals surface area contributed by atoms with Gasteiger partial charge in [0.2, 0.25) is 0 Å². The summed E-state index contributed by atoms with van der Waals surface area (Å²) in [6.07, 6.45) is 10.4. The van der Waals surface area contributed by atoms with Crippen LogP contribution < -0.4 is 4.74 Å². The molecule has 0 aliphatic carbocycles. The largest absolute Gasteiger partial charge is 0.494 e. The van der Waals surface area contributed by atoms with Crippen LogP contribution in [0, 0.1) is 0 Å². The van der Waals surface area contributed by atoms with Crippen LogP contribution in [0.25, 0.3) is 10.8 Å². The third-order valence-corrected chi connectivity index (χ3v) is 7.05. The van der Waals surface area contributed by atoms with Gasteiger partial charge in [-0.3, -0.25) is 4.79 Å². The summed E-state index contributed by atoms with van der Waals surface area (Å²) in [5.41, 5.74) is 2.95. The summed E-state index contributed by atoms with van der Waals surface area (Å²) in [5, 5.41) is 2.14. The van der Waals surface area contributed by atoms with E-state index in [0.717, 1.165) is 40.7 Å². The van der Waals surface area contributed by atoms with E-state index < -0.39 is 0 Å². The molecular formula is C35H41NO2. The summed E-state index contributed by atoms with van der Waals surface area (Å²) in [6.45, 7) is 4.15. The number of carbonyl (C=O) groups excluding carboxylic acids is 1. The molecule has 0 N–H and O–H groups in total. The van der Waals surface area contributed by atoms with Gasteiger partial charge in [-0.15, -0.1) is 0 Å². The third kappa shape index (κ3) is 8.48. The number of ether oxygens (including phenoxy) is 1. The fourth-order valence-electron chi connectivity index (χ4n) is 4.86. The van der Waals surface area contributed by atoms with Crippen LogP contribution >= 0.6 is 0 Å². The molecule has 0 saturated carbocycles. The maximum atomic E-state index is 13.7. The SMILES string of the molecule is CCCCCCCCCCOc1ccc2cc(C(=O)N(Cc3ccccc3)Cc3ccccc3)ccc2c1. The molecule has 0 heterocycles. The van der Waals surface area contributed by atoms with Gasteiger partial charge in [0.1, 0.15) is 5.75 Å². The Morgan fingerprint density at radius 2 is 1.18 bits per heavy atom. The lowest BCUT2D eigenvalue weighted by Crippen LogP contribution is -2.30. The molecule has 38 heavy (non-hydrogen) atoms. The molecule has 0 aromatic heterocycles. The zero-order chi connectivity index (χ0) is 26.4. The summed E-state index contributed by atoms with van der Waals surface area (Å²) < 4.78 is 6.03. The van der Waals surface area contributed by atoms with E-state index in [9.17, 15) is 4.79 Å². The van der Waals surface area contributed by atoms with Gasteiger partial charge in [0.15, 0.2) is 0 Å². The van der Waals surface area contributed by atoms with Crippen LogP contribution in [0.4, 0.5) is 0 Å². The highest BCUT2D eigenvalue weighted by Gasteiger charge is 2.17. The van der Waals surface area contributed by atoms with E-state index in [1.54, 1.807) is 0 Å². The second-order valence-corrected chi connectivity index (χ2v) is 10.2. The number of carbonyl (C=O) groups is 1. The fourth-order valence-corrected chi connectivity index (χ4v) is 4.86. The predicted octanol–water partition coefficient (Wildman–Crippen LogP) is 9.20. The van der Waals surface area contributed by atoms with E-state index >= 15 is 0 Å². The van der Waals surface area contributed by atoms with Crippen molar-refractivity contribution >= 4 is 16.7 Å². The Kier molecular flexibility index (Phi) is 10.8. The first-order chi connectivity index (χ1) is 18.7. The predicted molar refractivity (Wildman–Crippen MR) is 159 cm³/mol. The highest BCUT2D eigenvalue weighted by molar-refractivity contribution is 5.98. The number of amides is 1. The summed E-state index contributed by atoms with van der Waals surface area (Å²) >= 11 is 0. The molecule has 0 saturated heterocycles. The number of nitrogens with zero attached hydrogens (tertiary/aromatic N) is 1. The van der Waals surface area contributed by atoms with E-state index in [0.29, 0.717) is 18.7 Å². The average Bonchev–Trinajstić information content (AvgIpc) is 2.96. The molecule has 4 rings (SSSR count). The van der Waals surface area contributed by atoms with Crippen molar-refractivity contribution in [2.24, 2.45) is 0 Å². The van der Waals surface area contributed by atoms with Crippen molar-refractivity contribution in [1.82, 2.24) is 4.90 Å². The van der Waals surface area contributed by atoms with Gasteiger partial charge in [-0.1, -0.05) is 125 Å². The van der Waals surface area contributed by atoms with Gasteiger partial charge >= 0.3 is 0 Å². The molecule has 0 radical (unpaired) electrons. The lowest BCUT2D eigenvalue weighted by atomic mass is 10.0. The molecule has 3 heteroatoms. The highest BCUT2D eigenvalue weighted by atomic mass is 16.5. The Balaban J connectivity index is 1.36. The Hall–Kier alpha value is -3.59. The minimum absolute atomic E-state index is 0.0367. The standard InChI is InChI=1S/C35H41NO2/c1-2-3-4-5-6-7-8-15-24-38-34-23-22-31-25-33(21-20-32(31)26-34)35(37)36(27-29-16-11-9-12-17-29)28-30-18-13-10-14-19-30/h9-14,16-23,25-26H,2-8,15,24,27-28H2,1H3. The molecule has 4 aromatic carbocycles. The van der Waals surface area contributed by atoms with Crippen molar-refractivity contribution in [3.8, 4) is 5.75 Å². The van der Waals surface area contributed by atoms with Gasteiger partial charge in [0, 0.05) is 18.7 Å². The van der Waals surface area contributed by atoms with Crippen LogP contribution in [0.15, 0.2) is 97.1 Å². The van der Waals surface area contributed by atoms with Crippen LogP contribution in [-0.4, -0.2) is 17.4 Å². The van der Waals surface area contributed by atoms with Gasteiger partial charge in [-0.2, -0.15) is 0 Å². The zero-order valence-electron chi connectivity index (χ0n) is 22.8. The Labute approximate surface area is 228 Å². The highest BCUT2D eigenvalue weighted by Crippen LogP contribution is 2.24. The molecule has 0 bridgehead atoms. The van der Waals surface area contributed by atoms with Crippen LogP contribution in [0.2, 0.25) is 0 Å². The number of hydrogen-bond donors (Lipinski definition) is 0. The van der Waals surface area contributed by atoms with E-state index in [1.165, 1.54) is 44.9 Å². The maximum absolute atomic E-state index is 13.7. The van der Waals surface area contributed by atoms with Crippen molar-refractivity contribution < 1.29 is 9.53 Å². The van der Waals surface area contributed by atoms with E-state index in [4.69, 9.17) is 4.74 Å². The lowest BCUT2D eigenvalue weighted by molar-refractivity contribution is 0.0730. The summed E-state index contributed by atoms with van der Waals surface area (Å²) in [4.78, 5) is 15.6. The van der Waals surface area contributed by atoms with Gasteiger partial charge in [0.05, 0.1) is 6.61 Å². The van der Waals surface area contributed by atoms with E-state index in [-0.39, 0.29) is 5.91 Å². The second kappa shape index (κ2) is 15.0. The Morgan fingerprint density at radius 3 is 1.82 bits per heavy atom. The first-order valence-electron chi connectivity index (χ1n) is 14.3. The number of hydrogen-bond acceptors (Lipinski definition) is 2. The van der Waals surface area contributed by atoms with Crippen molar-refractivity contribution in [2.75, 3.05) is 6.61 Å². The molecule has 0 spiro atoms. The summed E-state index contributed by atoms with van der Waals surface area (Å²) in [7, 11) is 0. The number of benzene rings is 4. The van der Waals surface area contributed by atoms with Gasteiger partial charge in [0.25, 0.3) is 5.91 Å². The second-order valence-electron chi connectivity index (χ2n) is 10.2. The molecule has 0 unspecified atom stereocenters. The molecule has 198 valence electrons. The van der Waals surface area contributed by atoms with Crippen molar-refractivity contribution in [2.45, 2.75) is 71.4 Å². The average molecular weight is 508 g/mol. The van der Waals surface area contributed by atoms with Gasteiger partial charge in [-0.25, -0.2) is 0 Å². The number of fused-ring (bicyclic) bond motifs is 1. The molecule has 0 aliphatic heterocycles. The summed E-state index contributed by atoms with van der Waals surface area (Å²) in [6, 6.07) is 32.5. The van der Waals surface area contributed by atoms with Gasteiger partial charge in [-0.05, 0) is 52.6 Å². The first kappa shape index (κ1) is 27.4. The minimum Gasteiger partial charge on any atom is -0.494 e. The smallest absolute Gasteiger partial charge is 0.254 e. The Bertz CT molecular complexity index is 1210. The van der Waals surface area contributed by atoms with Crippen LogP contribution in [0.5, 0.6) is 5.75 Å². The third-order valence-electron chi connectivity index (χ3n) is 7.05. The van der Waals surface area contributed by atoms with Crippen LogP contribution in [0.1, 0.15) is 79.8 Å². The Morgan fingerprint density at radius 1 is 0.632 bits per heavy atom. The quantitative estimate of drug-likeness (QED) is 0.150. The van der Waals surface area contributed by atoms with Gasteiger partial charge < -0.3 is 9.64 Å². The monoisotopic (exact) mass is 507 g/mol. The molecule has 0 aliphatic rings. The zero-order valence-corrected chi connectivity index (χ0v) is 22.8. The van der Waals surface area contributed by atoms with Crippen LogP contribution in [0.3, 0.4) is 0 Å². The van der Waals surface area contributed by atoms with E-state index in [1.807, 2.05) is 65.6 Å². The molecule has 0 fully saturated rings. The molecule has 1 amide bonds. The minimum atomic E-state index is 0.0367. The topological polar surface area (TPSA) is 29.5 Å². The van der Waals surface area contributed by atoms with Crippen LogP contribution in [-0.2, 0) is 13.1 Å². The number of rotatable bonds is 15. The van der Waals surface area contributed by atoms with E-state index in [2.05, 4.69) is 43.3 Å². The fraction of sp³-hybridized carbons (Fsp3) is 0.343. The molecular weight excluding hydrogens is 466 g/mol. The number of unbranched alkanes of at least 4 members (excludes halogenated alkanes) is 7. The molecule has 0 atom stereocenters. The lowest BCUT2D eigenvalue weighted by Gasteiger charge is -2.23. The summed E-state index contributed by atoms with van der Waals surface area (Å²) in [5.74, 6) is 0.934. The maximum Gasteiger partial charge on any atom is 0.254 e. The van der Waals surface area contributed by atoms with Crippen molar-refractivity contribution in [3.05, 3.63) is 114 Å².